The highest BCUT2D eigenvalue weighted by Crippen LogP contribution is 2.36. The average molecular weight is 279 g/mol. The van der Waals surface area contributed by atoms with Gasteiger partial charge in [0.1, 0.15) is 0 Å². The van der Waals surface area contributed by atoms with Gasteiger partial charge in [-0.3, -0.25) is 4.68 Å². The van der Waals surface area contributed by atoms with Crippen LogP contribution in [0.3, 0.4) is 0 Å². The molecule has 0 aliphatic heterocycles. The van der Waals surface area contributed by atoms with Crippen LogP contribution >= 0.6 is 0 Å². The second-order valence-electron chi connectivity index (χ2n) is 6.66. The van der Waals surface area contributed by atoms with Gasteiger partial charge in [0.25, 0.3) is 0 Å². The van der Waals surface area contributed by atoms with E-state index in [-0.39, 0.29) is 11.6 Å². The standard InChI is InChI=1S/C16H29N3O/c1-13(2)19-11-8-14(17-19)12-15(20)16(18(3)4)9-6-5-7-10-16/h8,11,13,15,20H,5-7,9-10,12H2,1-4H3. The van der Waals surface area contributed by atoms with Crippen LogP contribution in [0.1, 0.15) is 57.7 Å². The maximum Gasteiger partial charge on any atom is 0.0779 e. The van der Waals surface area contributed by atoms with Crippen molar-refractivity contribution in [3.8, 4) is 0 Å². The van der Waals surface area contributed by atoms with Crippen LogP contribution in [0.5, 0.6) is 0 Å². The molecule has 1 saturated carbocycles. The normalized spacial score (nSPS) is 20.6. The molecule has 1 N–H and O–H groups in total. The van der Waals surface area contributed by atoms with E-state index in [1.54, 1.807) is 0 Å². The largest absolute Gasteiger partial charge is 0.391 e. The zero-order chi connectivity index (χ0) is 14.8. The summed E-state index contributed by atoms with van der Waals surface area (Å²) in [5, 5.41) is 15.4. The maximum absolute atomic E-state index is 10.8. The van der Waals surface area contributed by atoms with Crippen LogP contribution in [0, 0.1) is 0 Å². The molecule has 2 rings (SSSR count). The molecule has 1 unspecified atom stereocenters. The Kier molecular flexibility index (Phi) is 4.86. The number of nitrogens with zero attached hydrogens (tertiary/aromatic N) is 3. The van der Waals surface area contributed by atoms with Crippen LogP contribution < -0.4 is 0 Å². The van der Waals surface area contributed by atoms with E-state index in [4.69, 9.17) is 0 Å². The van der Waals surface area contributed by atoms with Crippen molar-refractivity contribution in [3.63, 3.8) is 0 Å². The van der Waals surface area contributed by atoms with Gasteiger partial charge in [-0.05, 0) is 46.9 Å². The van der Waals surface area contributed by atoms with Crippen LogP contribution in [0.4, 0.5) is 0 Å². The molecule has 1 fully saturated rings. The minimum absolute atomic E-state index is 0.0696. The fourth-order valence-electron chi connectivity index (χ4n) is 3.40. The molecule has 0 amide bonds. The molecule has 1 heterocycles. The molecule has 0 saturated heterocycles. The predicted octanol–water partition coefficient (Wildman–Crippen LogP) is 2.63. The summed E-state index contributed by atoms with van der Waals surface area (Å²) in [6, 6.07) is 2.41. The summed E-state index contributed by atoms with van der Waals surface area (Å²) in [6.07, 6.45) is 8.23. The monoisotopic (exact) mass is 279 g/mol. The van der Waals surface area contributed by atoms with Crippen molar-refractivity contribution in [2.75, 3.05) is 14.1 Å². The second kappa shape index (κ2) is 6.27. The fourth-order valence-corrected chi connectivity index (χ4v) is 3.40. The minimum atomic E-state index is -0.340. The summed E-state index contributed by atoms with van der Waals surface area (Å²) in [5.74, 6) is 0. The van der Waals surface area contributed by atoms with Crippen LogP contribution in [0.25, 0.3) is 0 Å². The van der Waals surface area contributed by atoms with Gasteiger partial charge in [-0.2, -0.15) is 5.10 Å². The van der Waals surface area contributed by atoms with Gasteiger partial charge in [0.05, 0.1) is 11.8 Å². The van der Waals surface area contributed by atoms with Gasteiger partial charge in [-0.1, -0.05) is 19.3 Å². The lowest BCUT2D eigenvalue weighted by atomic mass is 9.75. The van der Waals surface area contributed by atoms with Crippen LogP contribution in [-0.2, 0) is 6.42 Å². The molecule has 1 aromatic rings. The van der Waals surface area contributed by atoms with E-state index in [0.29, 0.717) is 12.5 Å². The molecule has 0 radical (unpaired) electrons. The van der Waals surface area contributed by atoms with E-state index < -0.39 is 0 Å². The number of hydrogen-bond acceptors (Lipinski definition) is 3. The highest BCUT2D eigenvalue weighted by Gasteiger charge is 2.41. The number of aliphatic hydroxyl groups is 1. The molecule has 1 atom stereocenters. The molecule has 20 heavy (non-hydrogen) atoms. The van der Waals surface area contributed by atoms with Gasteiger partial charge in [0, 0.05) is 24.2 Å². The number of hydrogen-bond donors (Lipinski definition) is 1. The Hall–Kier alpha value is -0.870. The number of likely N-dealkylation sites (N-methyl/N-ethyl adjacent to an activating group) is 1. The molecule has 114 valence electrons. The zero-order valence-electron chi connectivity index (χ0n) is 13.3. The molecule has 4 nitrogen and oxygen atoms in total. The third-order valence-electron chi connectivity index (χ3n) is 4.83. The molecular formula is C16H29N3O. The van der Waals surface area contributed by atoms with E-state index in [0.717, 1.165) is 18.5 Å². The summed E-state index contributed by atoms with van der Waals surface area (Å²) in [4.78, 5) is 2.23. The summed E-state index contributed by atoms with van der Waals surface area (Å²) in [7, 11) is 4.20. The molecule has 4 heteroatoms. The highest BCUT2D eigenvalue weighted by atomic mass is 16.3. The summed E-state index contributed by atoms with van der Waals surface area (Å²) in [6.45, 7) is 4.24. The van der Waals surface area contributed by atoms with E-state index >= 15 is 0 Å². The summed E-state index contributed by atoms with van der Waals surface area (Å²) in [5.41, 5.74) is 0.929. The predicted molar refractivity (Wildman–Crippen MR) is 81.8 cm³/mol. The summed E-state index contributed by atoms with van der Waals surface area (Å²) < 4.78 is 1.96. The lowest BCUT2D eigenvalue weighted by Crippen LogP contribution is -2.55. The Morgan fingerprint density at radius 3 is 2.45 bits per heavy atom. The first kappa shape index (κ1) is 15.5. The van der Waals surface area contributed by atoms with Gasteiger partial charge in [0.2, 0.25) is 0 Å². The smallest absolute Gasteiger partial charge is 0.0779 e. The number of aromatic nitrogens is 2. The van der Waals surface area contributed by atoms with Crippen LogP contribution in [0.2, 0.25) is 0 Å². The zero-order valence-corrected chi connectivity index (χ0v) is 13.3. The number of aliphatic hydroxyl groups excluding tert-OH is 1. The Morgan fingerprint density at radius 1 is 1.30 bits per heavy atom. The third-order valence-corrected chi connectivity index (χ3v) is 4.83. The van der Waals surface area contributed by atoms with Gasteiger partial charge in [-0.25, -0.2) is 0 Å². The molecule has 0 spiro atoms. The fraction of sp³-hybridized carbons (Fsp3) is 0.812. The molecule has 1 aliphatic rings. The lowest BCUT2D eigenvalue weighted by molar-refractivity contribution is -0.0315. The molecule has 1 aromatic heterocycles. The van der Waals surface area contributed by atoms with Crippen molar-refractivity contribution in [2.24, 2.45) is 0 Å². The van der Waals surface area contributed by atoms with Crippen molar-refractivity contribution < 1.29 is 5.11 Å². The minimum Gasteiger partial charge on any atom is -0.391 e. The van der Waals surface area contributed by atoms with Gasteiger partial charge >= 0.3 is 0 Å². The van der Waals surface area contributed by atoms with Gasteiger partial charge < -0.3 is 10.0 Å². The third kappa shape index (κ3) is 3.07. The first-order chi connectivity index (χ1) is 9.45. The van der Waals surface area contributed by atoms with E-state index in [9.17, 15) is 5.11 Å². The Bertz CT molecular complexity index is 419. The second-order valence-corrected chi connectivity index (χ2v) is 6.66. The van der Waals surface area contributed by atoms with Crippen LogP contribution in [-0.4, -0.2) is 45.5 Å². The SMILES string of the molecule is CC(C)n1ccc(CC(O)C2(N(C)C)CCCCC2)n1. The summed E-state index contributed by atoms with van der Waals surface area (Å²) >= 11 is 0. The Balaban J connectivity index is 2.09. The Labute approximate surface area is 122 Å². The highest BCUT2D eigenvalue weighted by molar-refractivity contribution is 5.06. The van der Waals surface area contributed by atoms with Crippen molar-refractivity contribution in [2.45, 2.75) is 70.1 Å². The first-order valence-corrected chi connectivity index (χ1v) is 7.85. The van der Waals surface area contributed by atoms with Crippen molar-refractivity contribution >= 4 is 0 Å². The molecule has 0 bridgehead atoms. The average Bonchev–Trinajstić information content (AvgIpc) is 2.88. The van der Waals surface area contributed by atoms with Crippen LogP contribution in [0.15, 0.2) is 12.3 Å². The van der Waals surface area contributed by atoms with Gasteiger partial charge in [0.15, 0.2) is 0 Å². The van der Waals surface area contributed by atoms with Crippen molar-refractivity contribution in [1.29, 1.82) is 0 Å². The maximum atomic E-state index is 10.8. The Morgan fingerprint density at radius 2 is 1.95 bits per heavy atom. The van der Waals surface area contributed by atoms with E-state index in [1.807, 2.05) is 16.9 Å². The molecule has 0 aromatic carbocycles. The number of rotatable bonds is 5. The molecule has 1 aliphatic carbocycles. The topological polar surface area (TPSA) is 41.3 Å². The van der Waals surface area contributed by atoms with E-state index in [1.165, 1.54) is 19.3 Å². The van der Waals surface area contributed by atoms with Crippen molar-refractivity contribution in [3.05, 3.63) is 18.0 Å². The first-order valence-electron chi connectivity index (χ1n) is 7.85. The quantitative estimate of drug-likeness (QED) is 0.901. The van der Waals surface area contributed by atoms with Gasteiger partial charge in [-0.15, -0.1) is 0 Å². The van der Waals surface area contributed by atoms with Crippen molar-refractivity contribution in [1.82, 2.24) is 14.7 Å². The molecular weight excluding hydrogens is 250 g/mol. The lowest BCUT2D eigenvalue weighted by Gasteiger charge is -2.46. The van der Waals surface area contributed by atoms with E-state index in [2.05, 4.69) is 37.9 Å².